The number of piperidine rings is 1. The number of nitrogens with one attached hydrogen (secondary N) is 2. The molecule has 1 atom stereocenters. The van der Waals surface area contributed by atoms with Crippen LogP contribution in [0.1, 0.15) is 40.1 Å². The van der Waals surface area contributed by atoms with Gasteiger partial charge in [0, 0.05) is 13.0 Å². The highest BCUT2D eigenvalue weighted by molar-refractivity contribution is 5.98. The molecular weight excluding hydrogens is 360 g/mol. The average molecular weight is 384 g/mol. The third-order valence-electron chi connectivity index (χ3n) is 4.84. The van der Waals surface area contributed by atoms with Crippen LogP contribution >= 0.6 is 0 Å². The summed E-state index contributed by atoms with van der Waals surface area (Å²) in [6, 6.07) is 8.77. The van der Waals surface area contributed by atoms with E-state index in [9.17, 15) is 14.4 Å². The molecule has 1 aliphatic rings. The lowest BCUT2D eigenvalue weighted by atomic mass is 10.0. The Morgan fingerprint density at radius 3 is 2.64 bits per heavy atom. The summed E-state index contributed by atoms with van der Waals surface area (Å²) in [6.07, 6.45) is 2.58. The number of methoxy groups -OCH3 is 1. The van der Waals surface area contributed by atoms with Gasteiger partial charge in [-0.2, -0.15) is 0 Å². The number of carbonyl (C=O) groups excluding carboxylic acids is 2. The molecule has 0 radical (unpaired) electrons. The second kappa shape index (κ2) is 8.73. The van der Waals surface area contributed by atoms with Gasteiger partial charge >= 0.3 is 5.63 Å². The zero-order valence-corrected chi connectivity index (χ0v) is 16.0. The first-order valence-corrected chi connectivity index (χ1v) is 9.33. The van der Waals surface area contributed by atoms with Gasteiger partial charge in [-0.25, -0.2) is 4.79 Å². The van der Waals surface area contributed by atoms with Crippen molar-refractivity contribution < 1.29 is 18.7 Å². The van der Waals surface area contributed by atoms with E-state index in [1.54, 1.807) is 20.1 Å². The summed E-state index contributed by atoms with van der Waals surface area (Å²) in [7, 11) is 1.62. The molecule has 0 bridgehead atoms. The van der Waals surface area contributed by atoms with Gasteiger partial charge in [-0.15, -0.1) is 0 Å². The molecule has 2 N–H and O–H groups in total. The monoisotopic (exact) mass is 384 g/mol. The summed E-state index contributed by atoms with van der Waals surface area (Å²) in [6.45, 7) is 2.30. The van der Waals surface area contributed by atoms with Crippen molar-refractivity contribution in [3.8, 4) is 5.75 Å². The molecule has 1 aliphatic heterocycles. The third kappa shape index (κ3) is 4.60. The first-order chi connectivity index (χ1) is 13.5. The molecule has 1 aromatic heterocycles. The van der Waals surface area contributed by atoms with E-state index in [1.807, 2.05) is 24.3 Å². The van der Waals surface area contributed by atoms with Crippen molar-refractivity contribution in [2.45, 2.75) is 38.6 Å². The van der Waals surface area contributed by atoms with E-state index in [-0.39, 0.29) is 11.5 Å². The Labute approximate surface area is 163 Å². The normalized spacial score (nSPS) is 16.4. The highest BCUT2D eigenvalue weighted by Gasteiger charge is 2.26. The van der Waals surface area contributed by atoms with Crippen molar-refractivity contribution in [2.75, 3.05) is 13.7 Å². The predicted octanol–water partition coefficient (Wildman–Crippen LogP) is 1.75. The molecule has 148 valence electrons. The van der Waals surface area contributed by atoms with Crippen LogP contribution in [-0.2, 0) is 17.6 Å². The Morgan fingerprint density at radius 1 is 1.25 bits per heavy atom. The van der Waals surface area contributed by atoms with E-state index in [0.717, 1.165) is 17.7 Å². The quantitative estimate of drug-likeness (QED) is 0.791. The van der Waals surface area contributed by atoms with Crippen LogP contribution in [0.15, 0.2) is 39.5 Å². The van der Waals surface area contributed by atoms with Crippen LogP contribution in [0.5, 0.6) is 5.75 Å². The smallest absolute Gasteiger partial charge is 0.349 e. The molecule has 7 nitrogen and oxygen atoms in total. The number of carbonyl (C=O) groups is 2. The Bertz CT molecular complexity index is 917. The first-order valence-electron chi connectivity index (χ1n) is 9.33. The van der Waals surface area contributed by atoms with E-state index in [2.05, 4.69) is 10.6 Å². The fraction of sp³-hybridized carbons (Fsp3) is 0.381. The van der Waals surface area contributed by atoms with Crippen LogP contribution < -0.4 is 21.0 Å². The molecule has 1 aromatic carbocycles. The number of benzene rings is 1. The Balaban J connectivity index is 1.68. The molecule has 0 spiro atoms. The molecular formula is C21H24N2O5. The van der Waals surface area contributed by atoms with Gasteiger partial charge in [0.25, 0.3) is 5.91 Å². The van der Waals surface area contributed by atoms with E-state index >= 15 is 0 Å². The molecule has 0 saturated carbocycles. The lowest BCUT2D eigenvalue weighted by Crippen LogP contribution is -2.50. The minimum atomic E-state index is -0.682. The number of hydrogen-bond donors (Lipinski definition) is 2. The van der Waals surface area contributed by atoms with Crippen molar-refractivity contribution in [2.24, 2.45) is 0 Å². The van der Waals surface area contributed by atoms with Gasteiger partial charge in [0.2, 0.25) is 5.91 Å². The maximum absolute atomic E-state index is 12.5. The van der Waals surface area contributed by atoms with Crippen LogP contribution in [-0.4, -0.2) is 31.5 Å². The standard InChI is InChI=1S/C21H24N2O5/c1-13-12-16(10-7-14-5-8-15(27-2)9-6-14)28-21(26)18(13)20(25)23-17-4-3-11-22-19(17)24/h5-6,8-9,12,17H,3-4,7,10-11H2,1-2H3,(H,22,24)(H,23,25). The second-order valence-electron chi connectivity index (χ2n) is 6.87. The number of hydrogen-bond acceptors (Lipinski definition) is 5. The van der Waals surface area contributed by atoms with Crippen LogP contribution in [0.4, 0.5) is 0 Å². The lowest BCUT2D eigenvalue weighted by Gasteiger charge is -2.22. The molecule has 2 amide bonds. The molecule has 1 fully saturated rings. The highest BCUT2D eigenvalue weighted by Crippen LogP contribution is 2.15. The van der Waals surface area contributed by atoms with Crippen LogP contribution in [0.3, 0.4) is 0 Å². The Kier molecular flexibility index (Phi) is 6.13. The molecule has 0 aliphatic carbocycles. The predicted molar refractivity (Wildman–Crippen MR) is 104 cm³/mol. The lowest BCUT2D eigenvalue weighted by molar-refractivity contribution is -0.124. The van der Waals surface area contributed by atoms with Gasteiger partial charge < -0.3 is 19.8 Å². The summed E-state index contributed by atoms with van der Waals surface area (Å²) in [5, 5.41) is 5.34. The summed E-state index contributed by atoms with van der Waals surface area (Å²) < 4.78 is 10.5. The van der Waals surface area contributed by atoms with Gasteiger partial charge in [0.05, 0.1) is 7.11 Å². The van der Waals surface area contributed by atoms with Crippen molar-refractivity contribution in [1.82, 2.24) is 10.6 Å². The van der Waals surface area contributed by atoms with Gasteiger partial charge in [0.15, 0.2) is 0 Å². The van der Waals surface area contributed by atoms with Crippen LogP contribution in [0.25, 0.3) is 0 Å². The molecule has 2 aromatic rings. The van der Waals surface area contributed by atoms with Gasteiger partial charge in [0.1, 0.15) is 23.1 Å². The summed E-state index contributed by atoms with van der Waals surface area (Å²) in [5.74, 6) is 0.506. The highest BCUT2D eigenvalue weighted by atomic mass is 16.5. The minimum Gasteiger partial charge on any atom is -0.497 e. The van der Waals surface area contributed by atoms with Crippen LogP contribution in [0.2, 0.25) is 0 Å². The van der Waals surface area contributed by atoms with Crippen molar-refractivity contribution >= 4 is 11.8 Å². The number of amides is 2. The SMILES string of the molecule is COc1ccc(CCc2cc(C)c(C(=O)NC3CCCNC3=O)c(=O)o2)cc1. The maximum Gasteiger partial charge on any atom is 0.349 e. The number of rotatable bonds is 6. The van der Waals surface area contributed by atoms with E-state index in [0.29, 0.717) is 37.1 Å². The second-order valence-corrected chi connectivity index (χ2v) is 6.87. The summed E-state index contributed by atoms with van der Waals surface area (Å²) in [5.41, 5.74) is 0.894. The molecule has 28 heavy (non-hydrogen) atoms. The van der Waals surface area contributed by atoms with Crippen LogP contribution in [0, 0.1) is 6.92 Å². The van der Waals surface area contributed by atoms with Crippen molar-refractivity contribution in [3.63, 3.8) is 0 Å². The van der Waals surface area contributed by atoms with Gasteiger partial charge in [-0.05, 0) is 55.5 Å². The van der Waals surface area contributed by atoms with Crippen molar-refractivity contribution in [3.05, 3.63) is 63.2 Å². The Morgan fingerprint density at radius 2 is 2.00 bits per heavy atom. The number of aryl methyl sites for hydroxylation is 3. The molecule has 1 saturated heterocycles. The fourth-order valence-corrected chi connectivity index (χ4v) is 3.27. The zero-order valence-electron chi connectivity index (χ0n) is 16.0. The number of ether oxygens (including phenoxy) is 1. The van der Waals surface area contributed by atoms with Gasteiger partial charge in [-0.1, -0.05) is 12.1 Å². The topological polar surface area (TPSA) is 97.6 Å². The molecule has 2 heterocycles. The summed E-state index contributed by atoms with van der Waals surface area (Å²) in [4.78, 5) is 36.7. The molecule has 3 rings (SSSR count). The van der Waals surface area contributed by atoms with Gasteiger partial charge in [-0.3, -0.25) is 9.59 Å². The van der Waals surface area contributed by atoms with Crippen molar-refractivity contribution in [1.29, 1.82) is 0 Å². The van der Waals surface area contributed by atoms with E-state index in [1.165, 1.54) is 0 Å². The maximum atomic E-state index is 12.5. The third-order valence-corrected chi connectivity index (χ3v) is 4.84. The Hall–Kier alpha value is -3.09. The van der Waals surface area contributed by atoms with E-state index in [4.69, 9.17) is 9.15 Å². The minimum absolute atomic E-state index is 0.0495. The summed E-state index contributed by atoms with van der Waals surface area (Å²) >= 11 is 0. The molecule has 7 heteroatoms. The first kappa shape index (κ1) is 19.7. The zero-order chi connectivity index (χ0) is 20.1. The average Bonchev–Trinajstić information content (AvgIpc) is 2.68. The molecule has 1 unspecified atom stereocenters. The largest absolute Gasteiger partial charge is 0.497 e. The van der Waals surface area contributed by atoms with E-state index < -0.39 is 17.6 Å². The fourth-order valence-electron chi connectivity index (χ4n) is 3.27.